The van der Waals surface area contributed by atoms with E-state index in [1.54, 1.807) is 0 Å². The van der Waals surface area contributed by atoms with E-state index in [4.69, 9.17) is 32.9 Å². The summed E-state index contributed by atoms with van der Waals surface area (Å²) in [5.41, 5.74) is 4.19. The van der Waals surface area contributed by atoms with E-state index in [2.05, 4.69) is 44.3 Å². The Hall–Kier alpha value is -1.47. The molecule has 9 heteroatoms. The molecule has 2 aromatic carbocycles. The second-order valence-electron chi connectivity index (χ2n) is 7.02. The van der Waals surface area contributed by atoms with E-state index >= 15 is 0 Å². The van der Waals surface area contributed by atoms with Crippen molar-refractivity contribution in [3.05, 3.63) is 58.7 Å². The van der Waals surface area contributed by atoms with Crippen LogP contribution < -0.4 is 0 Å². The molecular formula is C21H22Cl4N4O. The maximum atomic E-state index is 6.21. The average molecular weight is 488 g/mol. The molecule has 0 amide bonds. The minimum Gasteiger partial charge on any atom is -0.379 e. The average Bonchev–Trinajstić information content (AvgIpc) is 3.27. The maximum absolute atomic E-state index is 6.21. The van der Waals surface area contributed by atoms with Crippen LogP contribution in [0.4, 0.5) is 0 Å². The highest BCUT2D eigenvalue weighted by Gasteiger charge is 2.17. The molecule has 0 bridgehead atoms. The first-order valence-electron chi connectivity index (χ1n) is 9.42. The first-order chi connectivity index (χ1) is 13.7. The second kappa shape index (κ2) is 9.77. The van der Waals surface area contributed by atoms with Gasteiger partial charge in [-0.15, -0.1) is 24.8 Å². The summed E-state index contributed by atoms with van der Waals surface area (Å²) >= 11 is 12.3. The van der Waals surface area contributed by atoms with Crippen LogP contribution >= 0.6 is 48.0 Å². The molecule has 1 aliphatic rings. The smallest absolute Gasteiger partial charge is 0.215 e. The van der Waals surface area contributed by atoms with Crippen LogP contribution in [0.15, 0.2) is 48.7 Å². The number of rotatable bonds is 4. The summed E-state index contributed by atoms with van der Waals surface area (Å²) in [5, 5.41) is 1.09. The fourth-order valence-electron chi connectivity index (χ4n) is 3.82. The van der Waals surface area contributed by atoms with E-state index in [1.807, 2.05) is 18.2 Å². The highest BCUT2D eigenvalue weighted by atomic mass is 35.5. The Morgan fingerprint density at radius 1 is 0.900 bits per heavy atom. The van der Waals surface area contributed by atoms with Crippen molar-refractivity contribution in [1.82, 2.24) is 18.9 Å². The number of hydrogen-bond acceptors (Lipinski definition) is 3. The Morgan fingerprint density at radius 3 is 2.37 bits per heavy atom. The number of hydrogen-bond donors (Lipinski definition) is 0. The van der Waals surface area contributed by atoms with Gasteiger partial charge in [-0.25, -0.2) is 4.98 Å². The lowest BCUT2D eigenvalue weighted by atomic mass is 10.2. The molecule has 5 rings (SSSR count). The monoisotopic (exact) mass is 486 g/mol. The van der Waals surface area contributed by atoms with Gasteiger partial charge in [0.15, 0.2) is 0 Å². The van der Waals surface area contributed by atoms with Crippen molar-refractivity contribution < 1.29 is 4.74 Å². The number of benzene rings is 2. The quantitative estimate of drug-likeness (QED) is 0.384. The van der Waals surface area contributed by atoms with Crippen LogP contribution in [0.25, 0.3) is 28.1 Å². The Morgan fingerprint density at radius 2 is 1.63 bits per heavy atom. The Bertz CT molecular complexity index is 1150. The third-order valence-electron chi connectivity index (χ3n) is 5.32. The highest BCUT2D eigenvalue weighted by molar-refractivity contribution is 6.42. The van der Waals surface area contributed by atoms with Gasteiger partial charge in [-0.2, -0.15) is 0 Å². The fraction of sp³-hybridized carbons (Fsp3) is 0.286. The number of aromatic nitrogens is 3. The van der Waals surface area contributed by atoms with Crippen LogP contribution in [0.3, 0.4) is 0 Å². The molecule has 2 aromatic heterocycles. The molecule has 4 aromatic rings. The van der Waals surface area contributed by atoms with Gasteiger partial charge < -0.3 is 9.30 Å². The molecule has 0 N–H and O–H groups in total. The Labute approximate surface area is 197 Å². The molecular weight excluding hydrogens is 466 g/mol. The van der Waals surface area contributed by atoms with E-state index in [0.29, 0.717) is 10.0 Å². The van der Waals surface area contributed by atoms with Crippen LogP contribution in [0.5, 0.6) is 0 Å². The topological polar surface area (TPSA) is 34.7 Å². The SMILES string of the molecule is Cl.Cl.Clc1ccc(-c2cn3c4ccccc4n(CCN4CCOCC4)c3n2)cc1Cl. The van der Waals surface area contributed by atoms with Crippen molar-refractivity contribution in [1.29, 1.82) is 0 Å². The highest BCUT2D eigenvalue weighted by Crippen LogP contribution is 2.30. The van der Waals surface area contributed by atoms with Crippen molar-refractivity contribution in [3.8, 4) is 11.3 Å². The molecule has 160 valence electrons. The Kier molecular flexibility index (Phi) is 7.56. The molecule has 0 saturated carbocycles. The van der Waals surface area contributed by atoms with Gasteiger partial charge in [0.2, 0.25) is 5.78 Å². The van der Waals surface area contributed by atoms with E-state index in [-0.39, 0.29) is 24.8 Å². The van der Waals surface area contributed by atoms with Crippen LogP contribution in [0.2, 0.25) is 10.0 Å². The van der Waals surface area contributed by atoms with E-state index in [1.165, 1.54) is 5.52 Å². The summed E-state index contributed by atoms with van der Waals surface area (Å²) in [5.74, 6) is 0.940. The normalized spacial score (nSPS) is 14.6. The fourth-order valence-corrected chi connectivity index (χ4v) is 4.12. The van der Waals surface area contributed by atoms with E-state index in [9.17, 15) is 0 Å². The van der Waals surface area contributed by atoms with Crippen LogP contribution in [0, 0.1) is 0 Å². The standard InChI is InChI=1S/C21H20Cl2N4O.2ClH/c22-16-6-5-15(13-17(16)23)18-14-27-20-4-2-1-3-19(20)26(21(27)24-18)8-7-25-9-11-28-12-10-25;;/h1-6,13-14H,7-12H2;2*1H. The third kappa shape index (κ3) is 4.28. The van der Waals surface area contributed by atoms with Gasteiger partial charge >= 0.3 is 0 Å². The number of ether oxygens (including phenoxy) is 1. The van der Waals surface area contributed by atoms with E-state index in [0.717, 1.165) is 61.9 Å². The molecule has 0 atom stereocenters. The lowest BCUT2D eigenvalue weighted by Gasteiger charge is -2.26. The van der Waals surface area contributed by atoms with Gasteiger partial charge in [-0.1, -0.05) is 41.4 Å². The first-order valence-corrected chi connectivity index (χ1v) is 10.2. The largest absolute Gasteiger partial charge is 0.379 e. The summed E-state index contributed by atoms with van der Waals surface area (Å²) in [6.45, 7) is 5.46. The molecule has 3 heterocycles. The van der Waals surface area contributed by atoms with Gasteiger partial charge in [0, 0.05) is 37.9 Å². The van der Waals surface area contributed by atoms with Gasteiger partial charge in [-0.05, 0) is 24.3 Å². The summed E-state index contributed by atoms with van der Waals surface area (Å²) in [4.78, 5) is 7.38. The molecule has 30 heavy (non-hydrogen) atoms. The molecule has 0 spiro atoms. The van der Waals surface area contributed by atoms with Crippen molar-refractivity contribution in [2.24, 2.45) is 0 Å². The maximum Gasteiger partial charge on any atom is 0.215 e. The van der Waals surface area contributed by atoms with Crippen LogP contribution in [-0.2, 0) is 11.3 Å². The number of fused-ring (bicyclic) bond motifs is 3. The van der Waals surface area contributed by atoms with Gasteiger partial charge in [-0.3, -0.25) is 9.30 Å². The molecule has 0 aliphatic carbocycles. The molecule has 1 saturated heterocycles. The van der Waals surface area contributed by atoms with E-state index < -0.39 is 0 Å². The first kappa shape index (κ1) is 23.2. The van der Waals surface area contributed by atoms with Crippen molar-refractivity contribution in [2.75, 3.05) is 32.8 Å². The molecule has 0 radical (unpaired) electrons. The zero-order chi connectivity index (χ0) is 19.1. The van der Waals surface area contributed by atoms with Crippen molar-refractivity contribution in [2.45, 2.75) is 6.54 Å². The second-order valence-corrected chi connectivity index (χ2v) is 7.83. The number of morpholine rings is 1. The zero-order valence-corrected chi connectivity index (χ0v) is 19.3. The predicted molar refractivity (Wildman–Crippen MR) is 128 cm³/mol. The molecule has 1 fully saturated rings. The third-order valence-corrected chi connectivity index (χ3v) is 6.06. The zero-order valence-electron chi connectivity index (χ0n) is 16.1. The summed E-state index contributed by atoms with van der Waals surface area (Å²) in [6.07, 6.45) is 2.07. The predicted octanol–water partition coefficient (Wildman–Crippen LogP) is 5.44. The lowest BCUT2D eigenvalue weighted by molar-refractivity contribution is 0.0366. The van der Waals surface area contributed by atoms with Crippen molar-refractivity contribution in [3.63, 3.8) is 0 Å². The number of halogens is 4. The van der Waals surface area contributed by atoms with Gasteiger partial charge in [0.1, 0.15) is 0 Å². The minimum absolute atomic E-state index is 0. The summed E-state index contributed by atoms with van der Waals surface area (Å²) in [7, 11) is 0. The van der Waals surface area contributed by atoms with Gasteiger partial charge in [0.25, 0.3) is 0 Å². The molecule has 0 unspecified atom stereocenters. The lowest BCUT2D eigenvalue weighted by Crippen LogP contribution is -2.38. The Balaban J connectivity index is 0.00000128. The molecule has 5 nitrogen and oxygen atoms in total. The minimum atomic E-state index is 0. The van der Waals surface area contributed by atoms with Crippen LogP contribution in [-0.4, -0.2) is 51.7 Å². The molecule has 1 aliphatic heterocycles. The number of para-hydroxylation sites is 2. The number of imidazole rings is 2. The van der Waals surface area contributed by atoms with Crippen molar-refractivity contribution >= 4 is 64.8 Å². The summed E-state index contributed by atoms with van der Waals surface area (Å²) in [6, 6.07) is 14.1. The van der Waals surface area contributed by atoms with Crippen LogP contribution in [0.1, 0.15) is 0 Å². The summed E-state index contributed by atoms with van der Waals surface area (Å²) < 4.78 is 9.92. The number of nitrogens with zero attached hydrogens (tertiary/aromatic N) is 4. The van der Waals surface area contributed by atoms with Gasteiger partial charge in [0.05, 0.1) is 40.0 Å².